The van der Waals surface area contributed by atoms with E-state index >= 15 is 0 Å². The molecule has 2 aromatic heterocycles. The third-order valence-electron chi connectivity index (χ3n) is 3.61. The number of aliphatic imine (C=N–C) groups is 2. The lowest BCUT2D eigenvalue weighted by Crippen LogP contribution is -2.27. The van der Waals surface area contributed by atoms with Crippen molar-refractivity contribution < 1.29 is 0 Å². The minimum atomic E-state index is 0.346. The number of hydrogen-bond donors (Lipinski definition) is 0. The molecule has 2 aromatic rings. The topological polar surface area (TPSA) is 24.7 Å². The number of rotatable bonds is 4. The zero-order chi connectivity index (χ0) is 13.6. The minimum Gasteiger partial charge on any atom is -0.287 e. The molecular formula is C16H18N2S2. The number of hydrogen-bond acceptors (Lipinski definition) is 4. The molecule has 0 N–H and O–H groups in total. The Bertz CT molecular complexity index is 503. The summed E-state index contributed by atoms with van der Waals surface area (Å²) < 4.78 is 0. The molecule has 0 aliphatic heterocycles. The standard InChI is InChI=1S/C16H18N2S2/c1-2-4-16(18-10-14-6-8-20-12-14)15(3-1)17-9-13-5-7-19-11-13/h5-12,15-16H,1-4H2. The van der Waals surface area contributed by atoms with Crippen molar-refractivity contribution >= 4 is 35.1 Å². The van der Waals surface area contributed by atoms with Gasteiger partial charge in [0.2, 0.25) is 0 Å². The molecule has 2 heterocycles. The summed E-state index contributed by atoms with van der Waals surface area (Å²) in [7, 11) is 0. The van der Waals surface area contributed by atoms with Crippen molar-refractivity contribution in [3.05, 3.63) is 44.8 Å². The van der Waals surface area contributed by atoms with E-state index in [1.165, 1.54) is 24.0 Å². The first-order valence-corrected chi connectivity index (χ1v) is 8.91. The lowest BCUT2D eigenvalue weighted by Gasteiger charge is -2.25. The van der Waals surface area contributed by atoms with Crippen LogP contribution in [0.5, 0.6) is 0 Å². The van der Waals surface area contributed by atoms with Crippen molar-refractivity contribution in [3.8, 4) is 0 Å². The zero-order valence-electron chi connectivity index (χ0n) is 11.3. The highest BCUT2D eigenvalue weighted by Crippen LogP contribution is 2.24. The van der Waals surface area contributed by atoms with Crippen molar-refractivity contribution in [3.63, 3.8) is 0 Å². The van der Waals surface area contributed by atoms with Gasteiger partial charge in [0.15, 0.2) is 0 Å². The molecule has 0 saturated heterocycles. The van der Waals surface area contributed by atoms with E-state index in [0.29, 0.717) is 12.1 Å². The first-order valence-electron chi connectivity index (χ1n) is 7.02. The van der Waals surface area contributed by atoms with E-state index in [4.69, 9.17) is 9.98 Å². The van der Waals surface area contributed by atoms with Gasteiger partial charge in [0, 0.05) is 23.6 Å². The molecule has 20 heavy (non-hydrogen) atoms. The monoisotopic (exact) mass is 302 g/mol. The molecule has 2 unspecified atom stereocenters. The minimum absolute atomic E-state index is 0.346. The lowest BCUT2D eigenvalue weighted by atomic mass is 9.91. The van der Waals surface area contributed by atoms with Gasteiger partial charge in [-0.3, -0.25) is 9.98 Å². The largest absolute Gasteiger partial charge is 0.287 e. The first kappa shape index (κ1) is 13.7. The van der Waals surface area contributed by atoms with Crippen molar-refractivity contribution in [1.82, 2.24) is 0 Å². The average molecular weight is 302 g/mol. The summed E-state index contributed by atoms with van der Waals surface area (Å²) in [6.45, 7) is 0. The molecule has 2 nitrogen and oxygen atoms in total. The van der Waals surface area contributed by atoms with E-state index in [1.54, 1.807) is 22.7 Å². The molecule has 0 radical (unpaired) electrons. The van der Waals surface area contributed by atoms with Gasteiger partial charge in [-0.1, -0.05) is 12.8 Å². The molecule has 104 valence electrons. The molecule has 3 rings (SSSR count). The van der Waals surface area contributed by atoms with Crippen molar-refractivity contribution in [1.29, 1.82) is 0 Å². The van der Waals surface area contributed by atoms with Crippen LogP contribution in [-0.2, 0) is 0 Å². The smallest absolute Gasteiger partial charge is 0.0723 e. The summed E-state index contributed by atoms with van der Waals surface area (Å²) in [4.78, 5) is 9.56. The van der Waals surface area contributed by atoms with E-state index in [-0.39, 0.29) is 0 Å². The summed E-state index contributed by atoms with van der Waals surface area (Å²) in [6.07, 6.45) is 8.89. The van der Waals surface area contributed by atoms with Crippen LogP contribution in [0, 0.1) is 0 Å². The second kappa shape index (κ2) is 6.95. The summed E-state index contributed by atoms with van der Waals surface area (Å²) in [5.74, 6) is 0. The van der Waals surface area contributed by atoms with Gasteiger partial charge in [-0.05, 0) is 46.5 Å². The third-order valence-corrected chi connectivity index (χ3v) is 5.01. The molecule has 4 heteroatoms. The van der Waals surface area contributed by atoms with Gasteiger partial charge in [0.25, 0.3) is 0 Å². The Balaban J connectivity index is 1.67. The van der Waals surface area contributed by atoms with E-state index < -0.39 is 0 Å². The Labute approximate surface area is 127 Å². The molecule has 0 spiro atoms. The summed E-state index contributed by atoms with van der Waals surface area (Å²) in [5, 5.41) is 8.45. The molecular weight excluding hydrogens is 284 g/mol. The summed E-state index contributed by atoms with van der Waals surface area (Å²) in [6, 6.07) is 4.92. The molecule has 0 aromatic carbocycles. The van der Waals surface area contributed by atoms with Gasteiger partial charge >= 0.3 is 0 Å². The van der Waals surface area contributed by atoms with Gasteiger partial charge in [-0.15, -0.1) is 0 Å². The molecule has 0 amide bonds. The maximum absolute atomic E-state index is 4.78. The van der Waals surface area contributed by atoms with Crippen LogP contribution < -0.4 is 0 Å². The maximum Gasteiger partial charge on any atom is 0.0723 e. The van der Waals surface area contributed by atoms with E-state index in [1.807, 2.05) is 12.4 Å². The molecule has 1 aliphatic carbocycles. The zero-order valence-corrected chi connectivity index (χ0v) is 12.9. The van der Waals surface area contributed by atoms with Crippen LogP contribution in [0.15, 0.2) is 43.6 Å². The van der Waals surface area contributed by atoms with E-state index in [0.717, 1.165) is 12.8 Å². The summed E-state index contributed by atoms with van der Waals surface area (Å²) >= 11 is 3.43. The third kappa shape index (κ3) is 3.64. The van der Waals surface area contributed by atoms with Crippen molar-refractivity contribution in [2.75, 3.05) is 0 Å². The van der Waals surface area contributed by atoms with Gasteiger partial charge < -0.3 is 0 Å². The predicted octanol–water partition coefficient (Wildman–Crippen LogP) is 4.66. The number of nitrogens with zero attached hydrogens (tertiary/aromatic N) is 2. The lowest BCUT2D eigenvalue weighted by molar-refractivity contribution is 0.390. The SMILES string of the molecule is C(=NC1CCCCC1N=Cc1ccsc1)c1ccsc1. The van der Waals surface area contributed by atoms with Crippen LogP contribution >= 0.6 is 22.7 Å². The normalized spacial score (nSPS) is 23.8. The predicted molar refractivity (Wildman–Crippen MR) is 89.9 cm³/mol. The molecule has 1 fully saturated rings. The Hall–Kier alpha value is -1.26. The maximum atomic E-state index is 4.78. The fourth-order valence-electron chi connectivity index (χ4n) is 2.50. The summed E-state index contributed by atoms with van der Waals surface area (Å²) in [5.41, 5.74) is 2.42. The Morgan fingerprint density at radius 3 is 1.75 bits per heavy atom. The van der Waals surface area contributed by atoms with Crippen molar-refractivity contribution in [2.24, 2.45) is 9.98 Å². The van der Waals surface area contributed by atoms with E-state index in [9.17, 15) is 0 Å². The van der Waals surface area contributed by atoms with Gasteiger partial charge in [-0.25, -0.2) is 0 Å². The molecule has 1 aliphatic rings. The van der Waals surface area contributed by atoms with Gasteiger partial charge in [-0.2, -0.15) is 22.7 Å². The average Bonchev–Trinajstić information content (AvgIpc) is 3.17. The van der Waals surface area contributed by atoms with Crippen LogP contribution in [0.2, 0.25) is 0 Å². The number of thiophene rings is 2. The molecule has 2 atom stereocenters. The molecule has 0 bridgehead atoms. The van der Waals surface area contributed by atoms with Gasteiger partial charge in [0.1, 0.15) is 0 Å². The Kier molecular flexibility index (Phi) is 4.77. The first-order chi connectivity index (χ1) is 9.92. The quantitative estimate of drug-likeness (QED) is 0.734. The van der Waals surface area contributed by atoms with Crippen LogP contribution in [0.1, 0.15) is 36.8 Å². The second-order valence-corrected chi connectivity index (χ2v) is 6.65. The van der Waals surface area contributed by atoms with Crippen LogP contribution in [0.4, 0.5) is 0 Å². The Morgan fingerprint density at radius 1 is 0.850 bits per heavy atom. The second-order valence-electron chi connectivity index (χ2n) is 5.09. The highest BCUT2D eigenvalue weighted by Gasteiger charge is 2.23. The highest BCUT2D eigenvalue weighted by atomic mass is 32.1. The molecule has 1 saturated carbocycles. The highest BCUT2D eigenvalue weighted by molar-refractivity contribution is 7.08. The van der Waals surface area contributed by atoms with Crippen LogP contribution in [-0.4, -0.2) is 24.5 Å². The van der Waals surface area contributed by atoms with Crippen LogP contribution in [0.25, 0.3) is 0 Å². The van der Waals surface area contributed by atoms with Gasteiger partial charge in [0.05, 0.1) is 12.1 Å². The fraction of sp³-hybridized carbons (Fsp3) is 0.375. The van der Waals surface area contributed by atoms with E-state index in [2.05, 4.69) is 33.7 Å². The van der Waals surface area contributed by atoms with Crippen molar-refractivity contribution in [2.45, 2.75) is 37.8 Å². The van der Waals surface area contributed by atoms with Crippen LogP contribution in [0.3, 0.4) is 0 Å². The Morgan fingerprint density at radius 2 is 1.35 bits per heavy atom. The fourth-order valence-corrected chi connectivity index (χ4v) is 3.72.